The van der Waals surface area contributed by atoms with Gasteiger partial charge in [-0.05, 0) is 69.4 Å². The molecule has 0 bridgehead atoms. The van der Waals surface area contributed by atoms with Crippen molar-refractivity contribution in [1.29, 1.82) is 0 Å². The van der Waals surface area contributed by atoms with E-state index in [-0.39, 0.29) is 63.4 Å². The highest BCUT2D eigenvalue weighted by Gasteiger charge is 2.35. The lowest BCUT2D eigenvalue weighted by Crippen LogP contribution is -2.61. The minimum atomic E-state index is -1.36. The highest BCUT2D eigenvalue weighted by Crippen LogP contribution is 2.14. The number of nitrogens with zero attached hydrogens (tertiary/aromatic N) is 3. The van der Waals surface area contributed by atoms with Gasteiger partial charge in [-0.3, -0.25) is 43.3 Å². The molecule has 25 nitrogen and oxygen atoms in total. The molecular formula is C48H77N17O8. The van der Waals surface area contributed by atoms with E-state index in [9.17, 15) is 38.4 Å². The Hall–Kier alpha value is -7.41. The molecule has 0 unspecified atom stereocenters. The van der Waals surface area contributed by atoms with E-state index in [2.05, 4.69) is 62.1 Å². The number of H-pyrrole nitrogens is 2. The molecule has 0 saturated heterocycles. The minimum Gasteiger partial charge on any atom is -0.370 e. The number of guanidine groups is 1. The average molecular weight is 1020 g/mol. The Kier molecular flexibility index (Phi) is 25.5. The summed E-state index contributed by atoms with van der Waals surface area (Å²) in [6.45, 7) is 9.09. The number of unbranched alkanes of at least 4 members (excludes halogenated alkanes) is 1. The molecule has 2 aromatic heterocycles. The van der Waals surface area contributed by atoms with E-state index in [1.54, 1.807) is 31.2 Å². The summed E-state index contributed by atoms with van der Waals surface area (Å²) in [6.07, 6.45) is 7.69. The monoisotopic (exact) mass is 1020 g/mol. The number of carbonyl (C=O) groups is 8. The van der Waals surface area contributed by atoms with Crippen LogP contribution in [0.3, 0.4) is 0 Å². The largest absolute Gasteiger partial charge is 0.370 e. The van der Waals surface area contributed by atoms with Crippen molar-refractivity contribution in [2.24, 2.45) is 45.5 Å². The molecule has 0 fully saturated rings. The fourth-order valence-corrected chi connectivity index (χ4v) is 7.58. The number of primary amides is 1. The molecule has 1 aromatic carbocycles. The number of aromatic nitrogens is 4. The Morgan fingerprint density at radius 1 is 0.603 bits per heavy atom. The minimum absolute atomic E-state index is 0.0319. The standard InChI is InChI=1S/C48H77N17O8/c1-6-28(4)39(47(73)62-36(40(51)66)20-30-13-8-7-9-14-30)65-46(72)37(19-27(2)3)63-44(70)35(16-12-18-56-48(52)53)61-45(71)38(22-32-24-55-26-58-32)64-43(69)34(15-10-11-17-49)60-41(67)29(5)59-42(68)33(50)21-31-23-54-25-57-31/h7-9,13-14,23-29,33-39H,6,10-12,15-22,49-50H2,1-5H3,(H2,51,66)(H,54,57)(H,55,58)(H,59,68)(H,60,67)(H,61,71)(H,62,73)(H,63,70)(H,64,69)(H,65,72)(H4,52,53,56)/t28-,29-,33-,34-,35-,36-,37-,38-,39-/m0/s1. The van der Waals surface area contributed by atoms with E-state index >= 15 is 0 Å². The normalized spacial score (nSPS) is 14.8. The predicted octanol–water partition coefficient (Wildman–Crippen LogP) is -2.34. The second-order valence-electron chi connectivity index (χ2n) is 18.5. The molecule has 402 valence electrons. The van der Waals surface area contributed by atoms with E-state index in [4.69, 9.17) is 28.7 Å². The summed E-state index contributed by atoms with van der Waals surface area (Å²) in [6, 6.07) is -0.446. The molecule has 9 atom stereocenters. The third-order valence-electron chi connectivity index (χ3n) is 11.9. The van der Waals surface area contributed by atoms with Crippen LogP contribution < -0.4 is 65.9 Å². The third-order valence-corrected chi connectivity index (χ3v) is 11.9. The van der Waals surface area contributed by atoms with E-state index < -0.39 is 102 Å². The molecule has 25 heteroatoms. The van der Waals surface area contributed by atoms with Crippen molar-refractivity contribution >= 4 is 53.2 Å². The Labute approximate surface area is 425 Å². The van der Waals surface area contributed by atoms with E-state index in [0.29, 0.717) is 37.2 Å². The maximum Gasteiger partial charge on any atom is 0.243 e. The molecule has 0 saturated carbocycles. The number of aliphatic imine (C=N–C) groups is 1. The topological polar surface area (TPSA) is 421 Å². The fraction of sp³-hybridized carbons (Fsp3) is 0.562. The Balaban J connectivity index is 1.87. The molecule has 73 heavy (non-hydrogen) atoms. The Morgan fingerprint density at radius 2 is 1.14 bits per heavy atom. The van der Waals surface area contributed by atoms with E-state index in [0.717, 1.165) is 5.56 Å². The van der Waals surface area contributed by atoms with Crippen LogP contribution in [-0.4, -0.2) is 135 Å². The van der Waals surface area contributed by atoms with Crippen LogP contribution in [-0.2, 0) is 57.6 Å². The van der Waals surface area contributed by atoms with Gasteiger partial charge in [-0.2, -0.15) is 0 Å². The predicted molar refractivity (Wildman–Crippen MR) is 273 cm³/mol. The van der Waals surface area contributed by atoms with Gasteiger partial charge in [0.15, 0.2) is 5.96 Å². The lowest BCUT2D eigenvalue weighted by molar-refractivity contribution is -0.136. The maximum atomic E-state index is 14.4. The number of nitrogens with one attached hydrogen (secondary N) is 9. The molecule has 0 spiro atoms. The van der Waals surface area contributed by atoms with Gasteiger partial charge in [-0.25, -0.2) is 9.97 Å². The van der Waals surface area contributed by atoms with Gasteiger partial charge in [0.1, 0.15) is 42.3 Å². The van der Waals surface area contributed by atoms with Crippen molar-refractivity contribution in [1.82, 2.24) is 57.2 Å². The van der Waals surface area contributed by atoms with E-state index in [1.807, 2.05) is 26.8 Å². The fourth-order valence-electron chi connectivity index (χ4n) is 7.58. The Morgan fingerprint density at radius 3 is 1.68 bits per heavy atom. The molecular weight excluding hydrogens is 943 g/mol. The zero-order chi connectivity index (χ0) is 54.0. The first-order valence-electron chi connectivity index (χ1n) is 24.6. The van der Waals surface area contributed by atoms with E-state index in [1.165, 1.54) is 32.0 Å². The van der Waals surface area contributed by atoms with Gasteiger partial charge in [0.25, 0.3) is 0 Å². The van der Waals surface area contributed by atoms with Gasteiger partial charge in [-0.1, -0.05) is 64.4 Å². The number of hydrogen-bond donors (Lipinski definition) is 14. The number of imidazole rings is 2. The van der Waals surface area contributed by atoms with Gasteiger partial charge >= 0.3 is 0 Å². The first-order valence-corrected chi connectivity index (χ1v) is 24.6. The summed E-state index contributed by atoms with van der Waals surface area (Å²) in [5.74, 6) is -6.48. The first kappa shape index (κ1) is 59.9. The molecule has 3 rings (SSSR count). The summed E-state index contributed by atoms with van der Waals surface area (Å²) in [5, 5.41) is 19.0. The molecule has 0 aliphatic carbocycles. The summed E-state index contributed by atoms with van der Waals surface area (Å²) in [4.78, 5) is 128. The van der Waals surface area contributed by atoms with Crippen LogP contribution in [0.25, 0.3) is 0 Å². The number of carbonyl (C=O) groups excluding carboxylic acids is 8. The highest BCUT2D eigenvalue weighted by atomic mass is 16.2. The average Bonchev–Trinajstić information content (AvgIpc) is 4.07. The van der Waals surface area contributed by atoms with Crippen molar-refractivity contribution in [2.45, 2.75) is 147 Å². The molecule has 3 aromatic rings. The van der Waals surface area contributed by atoms with Crippen LogP contribution in [0.15, 0.2) is 60.4 Å². The van der Waals surface area contributed by atoms with Crippen molar-refractivity contribution in [3.8, 4) is 0 Å². The molecule has 0 aliphatic rings. The number of nitrogens with two attached hydrogens (primary N) is 5. The summed E-state index contributed by atoms with van der Waals surface area (Å²) < 4.78 is 0. The second-order valence-corrected chi connectivity index (χ2v) is 18.5. The quantitative estimate of drug-likeness (QED) is 0.0173. The molecule has 8 amide bonds. The van der Waals surface area contributed by atoms with Crippen LogP contribution in [0.5, 0.6) is 0 Å². The van der Waals surface area contributed by atoms with Crippen molar-refractivity contribution in [3.05, 3.63) is 72.3 Å². The van der Waals surface area contributed by atoms with Crippen molar-refractivity contribution in [2.75, 3.05) is 13.1 Å². The van der Waals surface area contributed by atoms with Crippen LogP contribution in [0, 0.1) is 11.8 Å². The number of rotatable bonds is 33. The zero-order valence-corrected chi connectivity index (χ0v) is 42.4. The third kappa shape index (κ3) is 21.5. The summed E-state index contributed by atoms with van der Waals surface area (Å²) in [5.41, 5.74) is 30.4. The van der Waals surface area contributed by atoms with Crippen LogP contribution in [0.4, 0.5) is 0 Å². The summed E-state index contributed by atoms with van der Waals surface area (Å²) in [7, 11) is 0. The SMILES string of the molecule is CC[C@H](C)[C@H](NC(=O)[C@H](CC(C)C)NC(=O)[C@H](CCCN=C(N)N)NC(=O)[C@H](Cc1cnc[nH]1)NC(=O)[C@H](CCCCN)NC(=O)[C@H](C)NC(=O)[C@@H](N)Cc1cnc[nH]1)C(=O)N[C@@H](Cc1ccccc1)C(N)=O. The molecule has 2 heterocycles. The first-order chi connectivity index (χ1) is 34.7. The number of aromatic amines is 2. The molecule has 19 N–H and O–H groups in total. The van der Waals surface area contributed by atoms with Crippen LogP contribution >= 0.6 is 0 Å². The second kappa shape index (κ2) is 31.1. The van der Waals surface area contributed by atoms with Crippen LogP contribution in [0.2, 0.25) is 0 Å². The van der Waals surface area contributed by atoms with Crippen LogP contribution in [0.1, 0.15) is 96.5 Å². The summed E-state index contributed by atoms with van der Waals surface area (Å²) >= 11 is 0. The molecule has 0 radical (unpaired) electrons. The smallest absolute Gasteiger partial charge is 0.243 e. The Bertz CT molecular complexity index is 2240. The lowest BCUT2D eigenvalue weighted by Gasteiger charge is -2.29. The zero-order valence-electron chi connectivity index (χ0n) is 42.4. The van der Waals surface area contributed by atoms with Gasteiger partial charge in [-0.15, -0.1) is 0 Å². The maximum absolute atomic E-state index is 14.4. The van der Waals surface area contributed by atoms with Gasteiger partial charge in [0.05, 0.1) is 18.7 Å². The highest BCUT2D eigenvalue weighted by molar-refractivity contribution is 5.98. The van der Waals surface area contributed by atoms with Gasteiger partial charge in [0, 0.05) is 49.6 Å². The number of hydrogen-bond acceptors (Lipinski definition) is 13. The van der Waals surface area contributed by atoms with Gasteiger partial charge < -0.3 is 75.9 Å². The number of amides is 8. The lowest BCUT2D eigenvalue weighted by atomic mass is 9.95. The molecule has 0 aliphatic heterocycles. The van der Waals surface area contributed by atoms with Crippen molar-refractivity contribution in [3.63, 3.8) is 0 Å². The van der Waals surface area contributed by atoms with Crippen molar-refractivity contribution < 1.29 is 38.4 Å². The number of benzene rings is 1. The van der Waals surface area contributed by atoms with Gasteiger partial charge in [0.2, 0.25) is 47.3 Å².